The highest BCUT2D eigenvalue weighted by Crippen LogP contribution is 2.33. The smallest absolute Gasteiger partial charge is 0.240 e. The van der Waals surface area contributed by atoms with Crippen LogP contribution < -0.4 is 16.2 Å². The maximum absolute atomic E-state index is 5.49. The Hall–Kier alpha value is -1.44. The van der Waals surface area contributed by atoms with E-state index in [0.29, 0.717) is 5.95 Å². The first kappa shape index (κ1) is 13.5. The fourth-order valence-electron chi connectivity index (χ4n) is 2.55. The molecule has 0 radical (unpaired) electrons. The average molecular weight is 293 g/mol. The van der Waals surface area contributed by atoms with Gasteiger partial charge in [-0.15, -0.1) is 11.3 Å². The summed E-state index contributed by atoms with van der Waals surface area (Å²) in [5.74, 6) is 6.91. The molecule has 7 heteroatoms. The normalized spacial score (nSPS) is 18.9. The summed E-state index contributed by atoms with van der Waals surface area (Å²) in [5, 5.41) is 1.11. The van der Waals surface area contributed by atoms with Gasteiger partial charge < -0.3 is 9.64 Å². The van der Waals surface area contributed by atoms with Gasteiger partial charge >= 0.3 is 0 Å². The van der Waals surface area contributed by atoms with Gasteiger partial charge in [0, 0.05) is 25.1 Å². The van der Waals surface area contributed by atoms with Crippen molar-refractivity contribution in [1.29, 1.82) is 0 Å². The van der Waals surface area contributed by atoms with Gasteiger partial charge in [0.05, 0.1) is 11.5 Å². The Labute approximate surface area is 121 Å². The summed E-state index contributed by atoms with van der Waals surface area (Å²) in [4.78, 5) is 13.5. The Balaban J connectivity index is 2.05. The number of methoxy groups -OCH3 is 1. The molecule has 1 atom stereocenters. The number of hydrogen-bond acceptors (Lipinski definition) is 7. The molecular formula is C13H19N5OS. The third-order valence-electron chi connectivity index (χ3n) is 3.68. The van der Waals surface area contributed by atoms with Crippen LogP contribution in [0.15, 0.2) is 6.07 Å². The largest absolute Gasteiger partial charge is 0.380 e. The van der Waals surface area contributed by atoms with E-state index in [4.69, 9.17) is 10.6 Å². The predicted octanol–water partition coefficient (Wildman–Crippen LogP) is 1.76. The number of anilines is 2. The van der Waals surface area contributed by atoms with Crippen LogP contribution in [0.1, 0.15) is 18.2 Å². The molecule has 108 valence electrons. The third kappa shape index (κ3) is 2.32. The van der Waals surface area contributed by atoms with Gasteiger partial charge in [0.2, 0.25) is 5.95 Å². The molecule has 3 N–H and O–H groups in total. The van der Waals surface area contributed by atoms with E-state index in [2.05, 4.69) is 33.3 Å². The zero-order valence-electron chi connectivity index (χ0n) is 11.7. The van der Waals surface area contributed by atoms with E-state index in [1.165, 1.54) is 4.88 Å². The molecule has 0 bridgehead atoms. The van der Waals surface area contributed by atoms with Crippen molar-refractivity contribution in [3.05, 3.63) is 10.9 Å². The van der Waals surface area contributed by atoms with Gasteiger partial charge in [0.15, 0.2) is 0 Å². The van der Waals surface area contributed by atoms with Crippen LogP contribution in [0.25, 0.3) is 10.2 Å². The van der Waals surface area contributed by atoms with Crippen molar-refractivity contribution in [2.24, 2.45) is 5.84 Å². The number of nitrogens with one attached hydrogen (secondary N) is 1. The molecule has 6 nitrogen and oxygen atoms in total. The lowest BCUT2D eigenvalue weighted by Crippen LogP contribution is -2.24. The van der Waals surface area contributed by atoms with Crippen LogP contribution in [0, 0.1) is 0 Å². The van der Waals surface area contributed by atoms with Crippen molar-refractivity contribution in [2.75, 3.05) is 30.5 Å². The molecule has 1 unspecified atom stereocenters. The number of ether oxygens (including phenoxy) is 1. The first-order valence-corrected chi connectivity index (χ1v) is 7.61. The van der Waals surface area contributed by atoms with E-state index >= 15 is 0 Å². The van der Waals surface area contributed by atoms with Crippen molar-refractivity contribution in [2.45, 2.75) is 25.9 Å². The minimum atomic E-state index is 0.276. The summed E-state index contributed by atoms with van der Waals surface area (Å²) in [5.41, 5.74) is 2.56. The number of aromatic nitrogens is 2. The molecular weight excluding hydrogens is 274 g/mol. The van der Waals surface area contributed by atoms with E-state index in [9.17, 15) is 0 Å². The van der Waals surface area contributed by atoms with Crippen LogP contribution in [-0.2, 0) is 11.2 Å². The number of hydrazine groups is 1. The Morgan fingerprint density at radius 2 is 2.40 bits per heavy atom. The quantitative estimate of drug-likeness (QED) is 0.661. The summed E-state index contributed by atoms with van der Waals surface area (Å²) in [6.07, 6.45) is 2.31. The number of rotatable bonds is 4. The van der Waals surface area contributed by atoms with Gasteiger partial charge in [0.1, 0.15) is 10.6 Å². The summed E-state index contributed by atoms with van der Waals surface area (Å²) in [7, 11) is 1.76. The Bertz CT molecular complexity index is 614. The fraction of sp³-hybridized carbons (Fsp3) is 0.538. The molecule has 0 amide bonds. The standard InChI is InChI=1S/C13H19N5OS/c1-3-9-6-10-11(18-5-4-8(7-18)19-2)15-13(17-14)16-12(10)20-9/h6,8H,3-5,7,14H2,1-2H3,(H,15,16,17). The molecule has 1 fully saturated rings. The molecule has 20 heavy (non-hydrogen) atoms. The van der Waals surface area contributed by atoms with Crippen LogP contribution in [0.5, 0.6) is 0 Å². The SMILES string of the molecule is CCc1cc2c(N3CCC(OC)C3)nc(NN)nc2s1. The average Bonchev–Trinajstić information content (AvgIpc) is 3.11. The number of thiophene rings is 1. The van der Waals surface area contributed by atoms with Crippen LogP contribution >= 0.6 is 11.3 Å². The first-order valence-electron chi connectivity index (χ1n) is 6.80. The first-order chi connectivity index (χ1) is 9.75. The summed E-state index contributed by atoms with van der Waals surface area (Å²) >= 11 is 1.70. The number of nitrogen functional groups attached to an aromatic ring is 1. The van der Waals surface area contributed by atoms with Gasteiger partial charge in [-0.25, -0.2) is 10.8 Å². The number of fused-ring (bicyclic) bond motifs is 1. The van der Waals surface area contributed by atoms with E-state index < -0.39 is 0 Å². The van der Waals surface area contributed by atoms with Gasteiger partial charge in [0.25, 0.3) is 0 Å². The fourth-order valence-corrected chi connectivity index (χ4v) is 3.51. The third-order valence-corrected chi connectivity index (χ3v) is 4.85. The van der Waals surface area contributed by atoms with Crippen LogP contribution in [0.2, 0.25) is 0 Å². The lowest BCUT2D eigenvalue weighted by molar-refractivity contribution is 0.121. The number of hydrogen-bond donors (Lipinski definition) is 2. The lowest BCUT2D eigenvalue weighted by atomic mass is 10.3. The van der Waals surface area contributed by atoms with Crippen molar-refractivity contribution >= 4 is 33.3 Å². The molecule has 0 saturated carbocycles. The highest BCUT2D eigenvalue weighted by atomic mass is 32.1. The second-order valence-electron chi connectivity index (χ2n) is 4.89. The van der Waals surface area contributed by atoms with Crippen molar-refractivity contribution in [1.82, 2.24) is 9.97 Å². The van der Waals surface area contributed by atoms with E-state index in [0.717, 1.165) is 42.0 Å². The van der Waals surface area contributed by atoms with Crippen molar-refractivity contribution in [3.8, 4) is 0 Å². The number of nitrogens with zero attached hydrogens (tertiary/aromatic N) is 3. The highest BCUT2D eigenvalue weighted by molar-refractivity contribution is 7.18. The second kappa shape index (κ2) is 5.51. The maximum Gasteiger partial charge on any atom is 0.240 e. The van der Waals surface area contributed by atoms with Gasteiger partial charge in [-0.3, -0.25) is 5.43 Å². The maximum atomic E-state index is 5.49. The summed E-state index contributed by atoms with van der Waals surface area (Å²) in [6, 6.07) is 2.19. The lowest BCUT2D eigenvalue weighted by Gasteiger charge is -2.18. The molecule has 2 aromatic heterocycles. The van der Waals surface area contributed by atoms with Gasteiger partial charge in [-0.05, 0) is 18.9 Å². The van der Waals surface area contributed by atoms with Crippen LogP contribution in [-0.4, -0.2) is 36.3 Å². The zero-order valence-corrected chi connectivity index (χ0v) is 12.5. The van der Waals surface area contributed by atoms with Crippen LogP contribution in [0.4, 0.5) is 11.8 Å². The Kier molecular flexibility index (Phi) is 3.73. The minimum absolute atomic E-state index is 0.276. The molecule has 1 saturated heterocycles. The van der Waals surface area contributed by atoms with E-state index in [1.807, 2.05) is 0 Å². The molecule has 3 rings (SSSR count). The topological polar surface area (TPSA) is 76.3 Å². The van der Waals surface area contributed by atoms with Gasteiger partial charge in [-0.2, -0.15) is 4.98 Å². The molecule has 0 aliphatic carbocycles. The number of nitrogens with two attached hydrogens (primary N) is 1. The highest BCUT2D eigenvalue weighted by Gasteiger charge is 2.25. The molecule has 1 aliphatic heterocycles. The van der Waals surface area contributed by atoms with Gasteiger partial charge in [-0.1, -0.05) is 6.92 Å². The van der Waals surface area contributed by atoms with Crippen LogP contribution in [0.3, 0.4) is 0 Å². The van der Waals surface area contributed by atoms with E-state index in [1.54, 1.807) is 18.4 Å². The zero-order chi connectivity index (χ0) is 14.1. The Morgan fingerprint density at radius 3 is 3.05 bits per heavy atom. The Morgan fingerprint density at radius 1 is 1.55 bits per heavy atom. The molecule has 1 aliphatic rings. The summed E-state index contributed by atoms with van der Waals surface area (Å²) < 4.78 is 5.44. The molecule has 0 spiro atoms. The second-order valence-corrected chi connectivity index (χ2v) is 6.01. The monoisotopic (exact) mass is 293 g/mol. The van der Waals surface area contributed by atoms with Crippen molar-refractivity contribution in [3.63, 3.8) is 0 Å². The molecule has 2 aromatic rings. The van der Waals surface area contributed by atoms with E-state index in [-0.39, 0.29) is 6.10 Å². The summed E-state index contributed by atoms with van der Waals surface area (Å²) in [6.45, 7) is 3.96. The molecule has 0 aromatic carbocycles. The number of aryl methyl sites for hydroxylation is 1. The minimum Gasteiger partial charge on any atom is -0.380 e. The predicted molar refractivity (Wildman–Crippen MR) is 82.2 cm³/mol. The molecule has 3 heterocycles. The van der Waals surface area contributed by atoms with Crippen molar-refractivity contribution < 1.29 is 4.74 Å².